The molecule has 13 heteroatoms. The summed E-state index contributed by atoms with van der Waals surface area (Å²) in [4.78, 5) is 29.7. The van der Waals surface area contributed by atoms with Gasteiger partial charge in [-0.3, -0.25) is 9.89 Å². The fourth-order valence-electron chi connectivity index (χ4n) is 5.21. The maximum absolute atomic E-state index is 13.5. The van der Waals surface area contributed by atoms with E-state index in [4.69, 9.17) is 14.7 Å². The molecule has 228 valence electrons. The third kappa shape index (κ3) is 7.16. The van der Waals surface area contributed by atoms with Crippen LogP contribution in [0.15, 0.2) is 42.9 Å². The second kappa shape index (κ2) is 13.3. The lowest BCUT2D eigenvalue weighted by molar-refractivity contribution is -0.146. The molecule has 4 aromatic rings. The molecule has 0 aliphatic carbocycles. The van der Waals surface area contributed by atoms with Gasteiger partial charge < -0.3 is 20.3 Å². The van der Waals surface area contributed by atoms with Crippen molar-refractivity contribution in [1.82, 2.24) is 40.2 Å². The fourth-order valence-corrected chi connectivity index (χ4v) is 5.21. The minimum atomic E-state index is -0.975. The quantitative estimate of drug-likeness (QED) is 0.203. The van der Waals surface area contributed by atoms with Crippen molar-refractivity contribution >= 4 is 23.5 Å². The number of nitrogens with one attached hydrogen (secondary N) is 3. The number of aryl methyl sites for hydroxylation is 2. The highest BCUT2D eigenvalue weighted by molar-refractivity contribution is 5.86. The molecule has 0 saturated carbocycles. The molecular weight excluding hydrogens is 551 g/mol. The second-order valence-corrected chi connectivity index (χ2v) is 11.0. The number of hydrogen-bond donors (Lipinski definition) is 3. The van der Waals surface area contributed by atoms with Crippen molar-refractivity contribution in [2.45, 2.75) is 70.9 Å². The van der Waals surface area contributed by atoms with Crippen LogP contribution in [0.3, 0.4) is 0 Å². The number of methoxy groups -OCH3 is 1. The Balaban J connectivity index is 1.25. The van der Waals surface area contributed by atoms with Crippen LogP contribution < -0.4 is 15.5 Å². The molecule has 0 aromatic carbocycles. The van der Waals surface area contributed by atoms with Crippen LogP contribution in [-0.4, -0.2) is 66.6 Å². The Morgan fingerprint density at radius 3 is 2.60 bits per heavy atom. The fraction of sp³-hybridized carbons (Fsp3) is 0.467. The Kier molecular flexibility index (Phi) is 9.29. The first kappa shape index (κ1) is 30.1. The number of carbonyl (C=O) groups excluding carboxylic acids is 1. The van der Waals surface area contributed by atoms with Gasteiger partial charge in [0.2, 0.25) is 5.95 Å². The number of halogens is 1. The van der Waals surface area contributed by atoms with E-state index in [-0.39, 0.29) is 11.9 Å². The summed E-state index contributed by atoms with van der Waals surface area (Å²) in [5, 5.41) is 17.6. The minimum Gasteiger partial charge on any atom is -0.368 e. The molecule has 43 heavy (non-hydrogen) atoms. The zero-order valence-corrected chi connectivity index (χ0v) is 25.1. The summed E-state index contributed by atoms with van der Waals surface area (Å²) >= 11 is 0. The summed E-state index contributed by atoms with van der Waals surface area (Å²) in [6.07, 6.45) is 9.19. The average molecular weight is 591 g/mol. The highest BCUT2D eigenvalue weighted by Gasteiger charge is 2.42. The lowest BCUT2D eigenvalue weighted by Gasteiger charge is -2.40. The van der Waals surface area contributed by atoms with E-state index in [1.165, 1.54) is 10.9 Å². The van der Waals surface area contributed by atoms with Crippen molar-refractivity contribution in [3.63, 3.8) is 0 Å². The molecule has 0 unspecified atom stereocenters. The van der Waals surface area contributed by atoms with Crippen LogP contribution in [0.1, 0.15) is 68.9 Å². The SMILES string of the molecule is CCCCCc1cc(Nc2cc(C)[nH]n2)nc(N2CCC(OC)(C(=O)N[C@@H](C)c3ccc(-n4cc(F)cn4)nc3)CC2)n1. The molecular formula is C30H39FN10O2. The topological polar surface area (TPSA) is 139 Å². The van der Waals surface area contributed by atoms with Gasteiger partial charge in [-0.1, -0.05) is 25.8 Å². The third-order valence-corrected chi connectivity index (χ3v) is 7.83. The van der Waals surface area contributed by atoms with Crippen LogP contribution in [0.25, 0.3) is 5.82 Å². The van der Waals surface area contributed by atoms with E-state index in [9.17, 15) is 9.18 Å². The van der Waals surface area contributed by atoms with E-state index < -0.39 is 11.4 Å². The number of aromatic amines is 1. The van der Waals surface area contributed by atoms with Crippen molar-refractivity contribution in [3.05, 3.63) is 65.6 Å². The number of amides is 1. The highest BCUT2D eigenvalue weighted by atomic mass is 19.1. The van der Waals surface area contributed by atoms with Crippen LogP contribution in [0.2, 0.25) is 0 Å². The zero-order chi connectivity index (χ0) is 30.4. The predicted octanol–water partition coefficient (Wildman–Crippen LogP) is 4.57. The largest absolute Gasteiger partial charge is 0.368 e. The van der Waals surface area contributed by atoms with Crippen molar-refractivity contribution in [1.29, 1.82) is 0 Å². The van der Waals surface area contributed by atoms with E-state index in [2.05, 4.69) is 42.7 Å². The number of rotatable bonds is 12. The summed E-state index contributed by atoms with van der Waals surface area (Å²) in [6, 6.07) is 7.18. The van der Waals surface area contributed by atoms with E-state index in [0.29, 0.717) is 49.3 Å². The first-order valence-electron chi connectivity index (χ1n) is 14.7. The van der Waals surface area contributed by atoms with Crippen LogP contribution in [0.4, 0.5) is 22.0 Å². The first-order chi connectivity index (χ1) is 20.8. The van der Waals surface area contributed by atoms with Gasteiger partial charge in [0.25, 0.3) is 5.91 Å². The second-order valence-electron chi connectivity index (χ2n) is 11.0. The molecule has 4 aromatic heterocycles. The summed E-state index contributed by atoms with van der Waals surface area (Å²) in [7, 11) is 1.58. The summed E-state index contributed by atoms with van der Waals surface area (Å²) in [6.45, 7) is 7.15. The van der Waals surface area contributed by atoms with Gasteiger partial charge in [0.1, 0.15) is 11.4 Å². The van der Waals surface area contributed by atoms with Crippen LogP contribution in [0.5, 0.6) is 0 Å². The van der Waals surface area contributed by atoms with Crippen molar-refractivity contribution in [3.8, 4) is 5.82 Å². The molecule has 1 atom stereocenters. The lowest BCUT2D eigenvalue weighted by atomic mass is 9.89. The third-order valence-electron chi connectivity index (χ3n) is 7.83. The monoisotopic (exact) mass is 590 g/mol. The van der Waals surface area contributed by atoms with Gasteiger partial charge in [0, 0.05) is 62.8 Å². The number of ether oxygens (including phenoxy) is 1. The van der Waals surface area contributed by atoms with E-state index in [0.717, 1.165) is 48.8 Å². The van der Waals surface area contributed by atoms with E-state index >= 15 is 0 Å². The zero-order valence-electron chi connectivity index (χ0n) is 25.1. The summed E-state index contributed by atoms with van der Waals surface area (Å²) in [5.41, 5.74) is 1.77. The number of unbranched alkanes of at least 4 members (excludes halogenated alkanes) is 2. The van der Waals surface area contributed by atoms with Crippen molar-refractivity contribution in [2.75, 3.05) is 30.4 Å². The number of nitrogens with zero attached hydrogens (tertiary/aromatic N) is 7. The molecule has 5 heterocycles. The summed E-state index contributed by atoms with van der Waals surface area (Å²) < 4.78 is 20.5. The van der Waals surface area contributed by atoms with E-state index in [1.807, 2.05) is 32.0 Å². The molecule has 1 fully saturated rings. The van der Waals surface area contributed by atoms with Gasteiger partial charge in [0.15, 0.2) is 17.5 Å². The van der Waals surface area contributed by atoms with Gasteiger partial charge in [-0.15, -0.1) is 0 Å². The van der Waals surface area contributed by atoms with Crippen molar-refractivity contribution < 1.29 is 13.9 Å². The van der Waals surface area contributed by atoms with Gasteiger partial charge in [-0.25, -0.2) is 19.0 Å². The lowest BCUT2D eigenvalue weighted by Crippen LogP contribution is -2.55. The van der Waals surface area contributed by atoms with Gasteiger partial charge in [0.05, 0.1) is 18.4 Å². The van der Waals surface area contributed by atoms with Gasteiger partial charge in [-0.2, -0.15) is 15.2 Å². The molecule has 1 aliphatic rings. The smallest absolute Gasteiger partial charge is 0.252 e. The molecule has 1 amide bonds. The standard InChI is InChI=1S/C30H39FN10O2/c1-5-6-7-8-24-16-25(36-26-15-20(2)38-39-26)37-29(35-24)40-13-11-30(43-4,12-14-40)28(42)34-21(3)22-9-10-27(32-17-22)41-19-23(31)18-33-41/h9-10,15-19,21H,5-8,11-14H2,1-4H3,(H,34,42)(H2,35,36,37,38,39)/t21-/m0/s1. The number of pyridine rings is 1. The van der Waals surface area contributed by atoms with Gasteiger partial charge in [-0.05, 0) is 38.3 Å². The molecule has 3 N–H and O–H groups in total. The Bertz CT molecular complexity index is 1510. The number of piperidine rings is 1. The average Bonchev–Trinajstić information content (AvgIpc) is 3.64. The number of carbonyl (C=O) groups is 1. The maximum atomic E-state index is 13.5. The maximum Gasteiger partial charge on any atom is 0.252 e. The molecule has 1 saturated heterocycles. The number of anilines is 3. The van der Waals surface area contributed by atoms with Crippen molar-refractivity contribution in [2.24, 2.45) is 0 Å². The molecule has 1 aliphatic heterocycles. The molecule has 12 nitrogen and oxygen atoms in total. The molecule has 5 rings (SSSR count). The molecule has 0 bridgehead atoms. The normalized spacial score (nSPS) is 15.3. The number of hydrogen-bond acceptors (Lipinski definition) is 9. The Morgan fingerprint density at radius 1 is 1.16 bits per heavy atom. The van der Waals surface area contributed by atoms with E-state index in [1.54, 1.807) is 19.4 Å². The minimum absolute atomic E-state index is 0.175. The van der Waals surface area contributed by atoms with Crippen LogP contribution >= 0.6 is 0 Å². The Morgan fingerprint density at radius 2 is 1.98 bits per heavy atom. The van der Waals surface area contributed by atoms with Gasteiger partial charge >= 0.3 is 0 Å². The first-order valence-corrected chi connectivity index (χ1v) is 14.7. The van der Waals surface area contributed by atoms with Crippen LogP contribution in [0, 0.1) is 12.7 Å². The molecule has 0 radical (unpaired) electrons. The Labute approximate surface area is 250 Å². The highest BCUT2D eigenvalue weighted by Crippen LogP contribution is 2.30. The number of aromatic nitrogens is 7. The Hall–Kier alpha value is -4.39. The number of H-pyrrole nitrogens is 1. The predicted molar refractivity (Wildman–Crippen MR) is 161 cm³/mol. The van der Waals surface area contributed by atoms with Crippen LogP contribution in [-0.2, 0) is 16.0 Å². The summed E-state index contributed by atoms with van der Waals surface area (Å²) in [5.74, 6) is 1.90. The molecule has 0 spiro atoms.